The van der Waals surface area contributed by atoms with Gasteiger partial charge in [0.2, 0.25) is 0 Å². The summed E-state index contributed by atoms with van der Waals surface area (Å²) in [6.07, 6.45) is 0. The van der Waals surface area contributed by atoms with Gasteiger partial charge in [-0.1, -0.05) is 35.4 Å². The van der Waals surface area contributed by atoms with Gasteiger partial charge in [-0.3, -0.25) is 4.79 Å². The van der Waals surface area contributed by atoms with E-state index in [0.717, 1.165) is 11.1 Å². The van der Waals surface area contributed by atoms with Crippen LogP contribution in [-0.2, 0) is 0 Å². The number of ketones is 1. The Morgan fingerprint density at radius 3 is 1.72 bits per heavy atom. The number of benzene rings is 3. The van der Waals surface area contributed by atoms with Crippen molar-refractivity contribution in [3.05, 3.63) is 83.4 Å². The Bertz CT molecular complexity index is 1040. The predicted molar refractivity (Wildman–Crippen MR) is 133 cm³/mol. The van der Waals surface area contributed by atoms with E-state index in [1.54, 1.807) is 18.2 Å². The molecule has 0 aliphatic rings. The van der Waals surface area contributed by atoms with Crippen LogP contribution in [0.4, 0.5) is 0 Å². The normalized spacial score (nSPS) is 11.9. The third-order valence-corrected chi connectivity index (χ3v) is 4.77. The van der Waals surface area contributed by atoms with Crippen molar-refractivity contribution in [1.29, 1.82) is 0 Å². The highest BCUT2D eigenvalue weighted by molar-refractivity contribution is 6.00. The maximum absolute atomic E-state index is 13.0. The van der Waals surface area contributed by atoms with Crippen molar-refractivity contribution in [2.24, 2.45) is 0 Å². The maximum Gasteiger partial charge on any atom is 0.179 e. The summed E-state index contributed by atoms with van der Waals surface area (Å²) in [5, 5.41) is 3.33. The summed E-state index contributed by atoms with van der Waals surface area (Å²) in [4.78, 5) is 13.0. The molecule has 0 aliphatic heterocycles. The van der Waals surface area contributed by atoms with Gasteiger partial charge in [-0.05, 0) is 84.0 Å². The molecule has 4 nitrogen and oxygen atoms in total. The van der Waals surface area contributed by atoms with E-state index in [1.165, 1.54) is 0 Å². The van der Waals surface area contributed by atoms with Gasteiger partial charge in [0, 0.05) is 11.1 Å². The van der Waals surface area contributed by atoms with Crippen molar-refractivity contribution in [3.63, 3.8) is 0 Å². The first-order chi connectivity index (χ1) is 14.6. The van der Waals surface area contributed by atoms with E-state index < -0.39 is 0 Å². The largest absolute Gasteiger partial charge is 0.453 e. The zero-order valence-corrected chi connectivity index (χ0v) is 20.4. The molecular formula is C27H32ClNO3. The second kappa shape index (κ2) is 10.7. The first-order valence-corrected chi connectivity index (χ1v) is 10.6. The number of carbonyl (C=O) groups is 1. The third-order valence-electron chi connectivity index (χ3n) is 4.77. The first kappa shape index (κ1) is 25.4. The molecule has 32 heavy (non-hydrogen) atoms. The number of nitrogens with one attached hydrogen (secondary N) is 1. The van der Waals surface area contributed by atoms with E-state index in [1.807, 2.05) is 90.1 Å². The summed E-state index contributed by atoms with van der Waals surface area (Å²) in [6, 6.07) is 20.6. The summed E-state index contributed by atoms with van der Waals surface area (Å²) in [7, 11) is 0. The van der Waals surface area contributed by atoms with Crippen molar-refractivity contribution < 1.29 is 14.3 Å². The van der Waals surface area contributed by atoms with Crippen LogP contribution in [0.25, 0.3) is 0 Å². The first-order valence-electron chi connectivity index (χ1n) is 10.6. The average Bonchev–Trinajstić information content (AvgIpc) is 2.71. The molecule has 0 amide bonds. The highest BCUT2D eigenvalue weighted by Crippen LogP contribution is 2.36. The fourth-order valence-electron chi connectivity index (χ4n) is 3.26. The lowest BCUT2D eigenvalue weighted by Crippen LogP contribution is -2.46. The van der Waals surface area contributed by atoms with Crippen LogP contribution in [0.5, 0.6) is 23.0 Å². The Kier molecular flexibility index (Phi) is 8.48. The fourth-order valence-corrected chi connectivity index (χ4v) is 3.26. The van der Waals surface area contributed by atoms with Crippen LogP contribution < -0.4 is 14.8 Å². The van der Waals surface area contributed by atoms with E-state index in [-0.39, 0.29) is 29.8 Å². The van der Waals surface area contributed by atoms with Gasteiger partial charge in [-0.25, -0.2) is 0 Å². The molecule has 0 bridgehead atoms. The molecule has 1 atom stereocenters. The van der Waals surface area contributed by atoms with Crippen LogP contribution in [0.3, 0.4) is 0 Å². The molecular weight excluding hydrogens is 422 g/mol. The molecule has 1 unspecified atom stereocenters. The zero-order valence-electron chi connectivity index (χ0n) is 19.6. The quantitative estimate of drug-likeness (QED) is 0.382. The van der Waals surface area contributed by atoms with Gasteiger partial charge in [0.1, 0.15) is 11.5 Å². The summed E-state index contributed by atoms with van der Waals surface area (Å²) < 4.78 is 12.2. The second-order valence-corrected chi connectivity index (χ2v) is 8.97. The molecule has 0 spiro atoms. The molecule has 170 valence electrons. The third kappa shape index (κ3) is 7.11. The fraction of sp³-hybridized carbons (Fsp3) is 0.296. The van der Waals surface area contributed by atoms with E-state index in [4.69, 9.17) is 9.47 Å². The van der Waals surface area contributed by atoms with Gasteiger partial charge in [0.05, 0.1) is 6.04 Å². The molecule has 0 aliphatic carbocycles. The van der Waals surface area contributed by atoms with Gasteiger partial charge >= 0.3 is 0 Å². The monoisotopic (exact) mass is 453 g/mol. The highest BCUT2D eigenvalue weighted by atomic mass is 35.5. The number of ether oxygens (including phenoxy) is 2. The molecule has 0 heterocycles. The van der Waals surface area contributed by atoms with E-state index in [9.17, 15) is 4.79 Å². The van der Waals surface area contributed by atoms with Gasteiger partial charge < -0.3 is 14.8 Å². The standard InChI is InChI=1S/C27H31NO3.ClH/c1-18-7-12-22(13-8-18)30-24-16-11-21(26(29)20(3)28-27(4,5)6)17-25(24)31-23-14-9-19(2)10-15-23;/h7-17,20,28H,1-6H3;1H. The van der Waals surface area contributed by atoms with Crippen LogP contribution in [0, 0.1) is 13.8 Å². The number of aryl methyl sites for hydroxylation is 2. The van der Waals surface area contributed by atoms with Crippen LogP contribution >= 0.6 is 12.4 Å². The second-order valence-electron chi connectivity index (χ2n) is 8.97. The molecule has 3 rings (SSSR count). The van der Waals surface area contributed by atoms with Gasteiger partial charge in [-0.15, -0.1) is 12.4 Å². The smallest absolute Gasteiger partial charge is 0.179 e. The predicted octanol–water partition coefficient (Wildman–Crippen LogP) is 7.27. The minimum absolute atomic E-state index is 0. The summed E-state index contributed by atoms with van der Waals surface area (Å²) in [5.74, 6) is 2.45. The lowest BCUT2D eigenvalue weighted by atomic mass is 10.0. The lowest BCUT2D eigenvalue weighted by molar-refractivity contribution is 0.0935. The van der Waals surface area contributed by atoms with Crippen LogP contribution in [0.2, 0.25) is 0 Å². The van der Waals surface area contributed by atoms with Crippen molar-refractivity contribution in [2.75, 3.05) is 0 Å². The van der Waals surface area contributed by atoms with E-state index in [0.29, 0.717) is 28.6 Å². The summed E-state index contributed by atoms with van der Waals surface area (Å²) in [6.45, 7) is 12.1. The van der Waals surface area contributed by atoms with Crippen LogP contribution in [0.15, 0.2) is 66.7 Å². The number of rotatable bonds is 7. The van der Waals surface area contributed by atoms with Crippen LogP contribution in [0.1, 0.15) is 49.2 Å². The number of hydrogen-bond donors (Lipinski definition) is 1. The number of halogens is 1. The average molecular weight is 454 g/mol. The summed E-state index contributed by atoms with van der Waals surface area (Å²) in [5.41, 5.74) is 2.71. The lowest BCUT2D eigenvalue weighted by Gasteiger charge is -2.25. The molecule has 3 aromatic carbocycles. The SMILES string of the molecule is Cc1ccc(Oc2ccc(C(=O)C(C)NC(C)(C)C)cc2Oc2ccc(C)cc2)cc1.Cl. The molecule has 0 saturated carbocycles. The maximum atomic E-state index is 13.0. The van der Waals surface area contributed by atoms with Gasteiger partial charge in [-0.2, -0.15) is 0 Å². The molecule has 0 saturated heterocycles. The highest BCUT2D eigenvalue weighted by Gasteiger charge is 2.22. The number of carbonyl (C=O) groups excluding carboxylic acids is 1. The van der Waals surface area contributed by atoms with Gasteiger partial charge in [0.25, 0.3) is 0 Å². The Labute approximate surface area is 197 Å². The van der Waals surface area contributed by atoms with Gasteiger partial charge in [0.15, 0.2) is 17.3 Å². The van der Waals surface area contributed by atoms with Crippen molar-refractivity contribution >= 4 is 18.2 Å². The Balaban J connectivity index is 0.00000363. The minimum Gasteiger partial charge on any atom is -0.453 e. The molecule has 5 heteroatoms. The zero-order chi connectivity index (χ0) is 22.6. The number of Topliss-reactive ketones (excluding diaryl/α,β-unsaturated/α-hetero) is 1. The Morgan fingerprint density at radius 1 is 0.781 bits per heavy atom. The van der Waals surface area contributed by atoms with Crippen molar-refractivity contribution in [2.45, 2.75) is 53.1 Å². The Morgan fingerprint density at radius 2 is 1.25 bits per heavy atom. The minimum atomic E-state index is -0.323. The van der Waals surface area contributed by atoms with E-state index >= 15 is 0 Å². The Hall–Kier alpha value is -2.82. The van der Waals surface area contributed by atoms with Crippen molar-refractivity contribution in [3.8, 4) is 23.0 Å². The molecule has 3 aromatic rings. The number of hydrogen-bond acceptors (Lipinski definition) is 4. The molecule has 0 aromatic heterocycles. The summed E-state index contributed by atoms with van der Waals surface area (Å²) >= 11 is 0. The van der Waals surface area contributed by atoms with Crippen molar-refractivity contribution in [1.82, 2.24) is 5.32 Å². The molecule has 0 radical (unpaired) electrons. The topological polar surface area (TPSA) is 47.6 Å². The van der Waals surface area contributed by atoms with E-state index in [2.05, 4.69) is 5.32 Å². The molecule has 1 N–H and O–H groups in total. The molecule has 0 fully saturated rings. The van der Waals surface area contributed by atoms with Crippen LogP contribution in [-0.4, -0.2) is 17.4 Å².